The van der Waals surface area contributed by atoms with Crippen molar-refractivity contribution in [3.8, 4) is 5.75 Å². The van der Waals surface area contributed by atoms with E-state index in [4.69, 9.17) is 8.78 Å². The van der Waals surface area contributed by atoms with Crippen molar-refractivity contribution in [1.29, 1.82) is 0 Å². The van der Waals surface area contributed by atoms with Crippen LogP contribution in [-0.2, 0) is 4.79 Å². The number of carbonyl (C=O) groups is 1. The molecule has 0 unspecified atom stereocenters. The summed E-state index contributed by atoms with van der Waals surface area (Å²) >= 11 is -1.26. The Morgan fingerprint density at radius 1 is 1.14 bits per heavy atom. The van der Waals surface area contributed by atoms with Gasteiger partial charge in [-0.3, -0.25) is 9.79 Å². The first-order chi connectivity index (χ1) is 13.9. The lowest BCUT2D eigenvalue weighted by atomic mass is 9.94. The van der Waals surface area contributed by atoms with Crippen LogP contribution in [0, 0.1) is 5.92 Å². The summed E-state index contributed by atoms with van der Waals surface area (Å²) < 4.78 is 6.18. The Hall–Kier alpha value is -1.83. The maximum atomic E-state index is 12.9. The number of fused-ring (bicyclic) bond motifs is 1. The molecule has 0 spiro atoms. The Morgan fingerprint density at radius 3 is 2.41 bits per heavy atom. The van der Waals surface area contributed by atoms with Crippen LogP contribution in [0.15, 0.2) is 41.4 Å². The quantitative estimate of drug-likeness (QED) is 0.495. The van der Waals surface area contributed by atoms with Crippen LogP contribution >= 0.6 is 0 Å². The summed E-state index contributed by atoms with van der Waals surface area (Å²) in [7, 11) is 0. The van der Waals surface area contributed by atoms with Crippen molar-refractivity contribution in [3.05, 3.63) is 42.0 Å². The van der Waals surface area contributed by atoms with Crippen molar-refractivity contribution in [1.82, 2.24) is 5.32 Å². The molecule has 1 aliphatic carbocycles. The van der Waals surface area contributed by atoms with Gasteiger partial charge in [0.15, 0.2) is 0 Å². The van der Waals surface area contributed by atoms with E-state index in [1.807, 2.05) is 18.3 Å². The first kappa shape index (κ1) is 21.9. The molecule has 1 atom stereocenters. The van der Waals surface area contributed by atoms with Crippen molar-refractivity contribution in [2.75, 3.05) is 0 Å². The number of carbonyl (C=O) groups excluding carboxylic acids is 1. The predicted molar refractivity (Wildman–Crippen MR) is 123 cm³/mol. The highest BCUT2D eigenvalue weighted by Crippen LogP contribution is 2.26. The highest BCUT2D eigenvalue weighted by Gasteiger charge is 2.24. The lowest BCUT2D eigenvalue weighted by Gasteiger charge is -2.25. The lowest BCUT2D eigenvalue weighted by molar-refractivity contribution is -0.124. The van der Waals surface area contributed by atoms with Gasteiger partial charge in [-0.25, -0.2) is 0 Å². The summed E-state index contributed by atoms with van der Waals surface area (Å²) in [6, 6.07) is 12.4. The molecule has 1 N–H and O–H groups in total. The van der Waals surface area contributed by atoms with Gasteiger partial charge in [0.2, 0.25) is 5.91 Å². The molecule has 1 aliphatic rings. The van der Waals surface area contributed by atoms with Gasteiger partial charge < -0.3 is 9.11 Å². The van der Waals surface area contributed by atoms with Crippen LogP contribution in [0.5, 0.6) is 5.75 Å². The SMILES string of the molecule is CC(C)[C@H](N=Cc1cc2ccccc2cc1[O][Al]([CH3])[CH3])C(=O)NC1CCCCC1. The number of hydrogen-bond donors (Lipinski definition) is 1. The summed E-state index contributed by atoms with van der Waals surface area (Å²) in [6.45, 7) is 4.11. The molecule has 0 bridgehead atoms. The molecule has 29 heavy (non-hydrogen) atoms. The topological polar surface area (TPSA) is 50.7 Å². The number of amides is 1. The largest absolute Gasteiger partial charge is 0.642 e. The molecule has 1 saturated carbocycles. The first-order valence-electron chi connectivity index (χ1n) is 11.0. The zero-order chi connectivity index (χ0) is 20.8. The standard InChI is InChI=1S/C22H28N2O2.2CH3.Al/c1-15(2)21(22(26)24-19-10-4-3-5-11-19)23-14-18-12-16-8-6-7-9-17(16)13-20(18)25;;;/h6-9,12-15,19,21,25H,3-5,10-11H2,1-2H3,(H,24,26);2*1H3;/q;;;+1/p-1/t21-;;;/m0.../s1. The number of benzene rings is 2. The number of rotatable bonds is 7. The first-order valence-corrected chi connectivity index (χ1v) is 13.7. The molecule has 154 valence electrons. The average Bonchev–Trinajstić information content (AvgIpc) is 2.68. The molecule has 0 saturated heterocycles. The van der Waals surface area contributed by atoms with Gasteiger partial charge >= 0.3 is 14.5 Å². The number of aliphatic imine (C=N–C) groups is 1. The van der Waals surface area contributed by atoms with Crippen molar-refractivity contribution in [2.45, 2.75) is 69.6 Å². The Kier molecular flexibility index (Phi) is 7.75. The zero-order valence-electron chi connectivity index (χ0n) is 18.2. The van der Waals surface area contributed by atoms with Crippen LogP contribution in [0.1, 0.15) is 51.5 Å². The molecule has 4 nitrogen and oxygen atoms in total. The third kappa shape index (κ3) is 6.08. The maximum Gasteiger partial charge on any atom is 0.540 e. The summed E-state index contributed by atoms with van der Waals surface area (Å²) in [6.07, 6.45) is 7.70. The fourth-order valence-electron chi connectivity index (χ4n) is 3.93. The Balaban J connectivity index is 1.84. The van der Waals surface area contributed by atoms with E-state index in [0.717, 1.165) is 34.9 Å². The fraction of sp³-hybridized carbons (Fsp3) is 0.500. The van der Waals surface area contributed by atoms with Crippen LogP contribution in [0.3, 0.4) is 0 Å². The molecule has 0 heterocycles. The number of hydrogen-bond acceptors (Lipinski definition) is 3. The van der Waals surface area contributed by atoms with Crippen LogP contribution < -0.4 is 9.11 Å². The Bertz CT molecular complexity index is 857. The molecule has 1 fully saturated rings. The van der Waals surface area contributed by atoms with E-state index in [9.17, 15) is 4.79 Å². The molecule has 5 heteroatoms. The summed E-state index contributed by atoms with van der Waals surface area (Å²) in [4.78, 5) is 17.6. The van der Waals surface area contributed by atoms with Gasteiger partial charge in [0, 0.05) is 17.8 Å². The summed E-state index contributed by atoms with van der Waals surface area (Å²) in [5.74, 6) is 5.36. The summed E-state index contributed by atoms with van der Waals surface area (Å²) in [5, 5.41) is 5.55. The average molecular weight is 409 g/mol. The highest BCUT2D eigenvalue weighted by atomic mass is 27.2. The smallest absolute Gasteiger partial charge is 0.540 e. The molecule has 0 aromatic heterocycles. The molecule has 2 aromatic carbocycles. The minimum absolute atomic E-state index is 0.0460. The van der Waals surface area contributed by atoms with Crippen LogP contribution in [0.4, 0.5) is 0 Å². The highest BCUT2D eigenvalue weighted by molar-refractivity contribution is 6.49. The minimum Gasteiger partial charge on any atom is -0.642 e. The van der Waals surface area contributed by atoms with Gasteiger partial charge in [0.05, 0.1) is 5.75 Å². The van der Waals surface area contributed by atoms with E-state index in [1.54, 1.807) is 0 Å². The molecular weight excluding hydrogens is 375 g/mol. The normalized spacial score (nSPS) is 16.3. The van der Waals surface area contributed by atoms with Gasteiger partial charge in [-0.15, -0.1) is 0 Å². The van der Waals surface area contributed by atoms with Gasteiger partial charge in [-0.2, -0.15) is 0 Å². The van der Waals surface area contributed by atoms with E-state index >= 15 is 0 Å². The maximum absolute atomic E-state index is 12.9. The van der Waals surface area contributed by atoms with E-state index < -0.39 is 14.5 Å². The van der Waals surface area contributed by atoms with E-state index in [-0.39, 0.29) is 17.9 Å². The van der Waals surface area contributed by atoms with Gasteiger partial charge in [-0.1, -0.05) is 68.9 Å². The Morgan fingerprint density at radius 2 is 1.79 bits per heavy atom. The van der Waals surface area contributed by atoms with Crippen molar-refractivity contribution in [3.63, 3.8) is 0 Å². The summed E-state index contributed by atoms with van der Waals surface area (Å²) in [5.41, 5.74) is 0.945. The molecule has 3 rings (SSSR count). The monoisotopic (exact) mass is 408 g/mol. The second-order valence-electron chi connectivity index (χ2n) is 8.71. The molecule has 1 amide bonds. The number of nitrogens with zero attached hydrogens (tertiary/aromatic N) is 1. The van der Waals surface area contributed by atoms with E-state index in [0.29, 0.717) is 6.04 Å². The van der Waals surface area contributed by atoms with Crippen molar-refractivity contribution >= 4 is 37.4 Å². The second-order valence-corrected chi connectivity index (χ2v) is 11.0. The fourth-order valence-corrected chi connectivity index (χ4v) is 4.64. The van der Waals surface area contributed by atoms with Crippen LogP contribution in [0.25, 0.3) is 10.8 Å². The minimum atomic E-state index is -1.26. The Labute approximate surface area is 179 Å². The molecular formula is C24H33AlN2O2. The van der Waals surface area contributed by atoms with Gasteiger partial charge in [-0.05, 0) is 41.7 Å². The zero-order valence-corrected chi connectivity index (χ0v) is 19.3. The van der Waals surface area contributed by atoms with Crippen LogP contribution in [0.2, 0.25) is 11.6 Å². The van der Waals surface area contributed by atoms with Crippen molar-refractivity contribution in [2.24, 2.45) is 10.9 Å². The van der Waals surface area contributed by atoms with Crippen LogP contribution in [-0.4, -0.2) is 38.7 Å². The second kappa shape index (κ2) is 10.3. The number of nitrogens with one attached hydrogen (secondary N) is 1. The lowest BCUT2D eigenvalue weighted by Crippen LogP contribution is -2.43. The molecule has 0 aliphatic heterocycles. The third-order valence-electron chi connectivity index (χ3n) is 5.47. The predicted octanol–water partition coefficient (Wildman–Crippen LogP) is 5.36. The molecule has 2 aromatic rings. The van der Waals surface area contributed by atoms with Gasteiger partial charge in [0.25, 0.3) is 0 Å². The van der Waals surface area contributed by atoms with Crippen molar-refractivity contribution < 1.29 is 8.58 Å². The van der Waals surface area contributed by atoms with Gasteiger partial charge in [0.1, 0.15) is 6.04 Å². The van der Waals surface area contributed by atoms with E-state index in [1.165, 1.54) is 19.3 Å². The molecule has 0 radical (unpaired) electrons. The third-order valence-corrected chi connectivity index (χ3v) is 6.19. The van der Waals surface area contributed by atoms with E-state index in [2.05, 4.69) is 55.0 Å².